The lowest BCUT2D eigenvalue weighted by Crippen LogP contribution is -2.55. The number of likely N-dealkylation sites (tertiary alicyclic amines) is 1. The van der Waals surface area contributed by atoms with Crippen molar-refractivity contribution in [2.45, 2.75) is 24.9 Å². The van der Waals surface area contributed by atoms with E-state index >= 15 is 0 Å². The molecule has 126 valence electrons. The molecule has 0 aromatic heterocycles. The molecule has 2 aliphatic heterocycles. The summed E-state index contributed by atoms with van der Waals surface area (Å²) in [5.74, 6) is -0.196. The van der Waals surface area contributed by atoms with Crippen LogP contribution in [0.5, 0.6) is 0 Å². The number of carbonyl (C=O) groups is 2. The second kappa shape index (κ2) is 6.59. The average molecular weight is 328 g/mol. The van der Waals surface area contributed by atoms with Crippen LogP contribution in [0.25, 0.3) is 0 Å². The highest BCUT2D eigenvalue weighted by atomic mass is 16.3. The number of imide groups is 1. The van der Waals surface area contributed by atoms with Crippen LogP contribution in [-0.4, -0.2) is 58.6 Å². The zero-order valence-corrected chi connectivity index (χ0v) is 13.4. The monoisotopic (exact) mass is 328 g/mol. The van der Waals surface area contributed by atoms with Gasteiger partial charge in [0.25, 0.3) is 5.91 Å². The predicted molar refractivity (Wildman–Crippen MR) is 85.7 cm³/mol. The minimum atomic E-state index is -0.824. The Morgan fingerprint density at radius 3 is 2.71 bits per heavy atom. The lowest BCUT2D eigenvalue weighted by molar-refractivity contribution is -0.133. The lowest BCUT2D eigenvalue weighted by Gasteiger charge is -2.37. The predicted octanol–water partition coefficient (Wildman–Crippen LogP) is 0.437. The molecule has 0 aliphatic carbocycles. The number of nitrogens with one attached hydrogen (secondary N) is 1. The van der Waals surface area contributed by atoms with Crippen molar-refractivity contribution in [3.8, 4) is 6.07 Å². The van der Waals surface area contributed by atoms with Crippen LogP contribution >= 0.6 is 0 Å². The van der Waals surface area contributed by atoms with E-state index in [4.69, 9.17) is 10.4 Å². The second-order valence-corrected chi connectivity index (χ2v) is 6.28. The van der Waals surface area contributed by atoms with Crippen LogP contribution in [0.4, 0.5) is 4.79 Å². The van der Waals surface area contributed by atoms with Crippen LogP contribution in [0.3, 0.4) is 0 Å². The van der Waals surface area contributed by atoms with Crippen molar-refractivity contribution in [3.63, 3.8) is 0 Å². The van der Waals surface area contributed by atoms with E-state index in [1.165, 1.54) is 4.90 Å². The number of urea groups is 1. The zero-order valence-electron chi connectivity index (χ0n) is 13.4. The van der Waals surface area contributed by atoms with Crippen molar-refractivity contribution in [3.05, 3.63) is 35.4 Å². The first-order valence-corrected chi connectivity index (χ1v) is 8.04. The summed E-state index contributed by atoms with van der Waals surface area (Å²) in [5.41, 5.74) is 0.439. The van der Waals surface area contributed by atoms with Gasteiger partial charge in [0.05, 0.1) is 24.8 Å². The van der Waals surface area contributed by atoms with Crippen LogP contribution in [0.1, 0.15) is 24.0 Å². The number of rotatable bonds is 4. The average Bonchev–Trinajstić information content (AvgIpc) is 2.82. The summed E-state index contributed by atoms with van der Waals surface area (Å²) in [5, 5.41) is 20.8. The van der Waals surface area contributed by atoms with Gasteiger partial charge in [-0.3, -0.25) is 9.69 Å². The molecule has 24 heavy (non-hydrogen) atoms. The minimum Gasteiger partial charge on any atom is -0.395 e. The first-order chi connectivity index (χ1) is 11.6. The quantitative estimate of drug-likeness (QED) is 0.782. The Hall–Kier alpha value is -2.43. The van der Waals surface area contributed by atoms with Gasteiger partial charge in [0.1, 0.15) is 5.54 Å². The third-order valence-corrected chi connectivity index (χ3v) is 4.77. The number of piperidine rings is 1. The Morgan fingerprint density at radius 1 is 1.29 bits per heavy atom. The van der Waals surface area contributed by atoms with Crippen molar-refractivity contribution in [1.82, 2.24) is 15.1 Å². The number of nitriles is 1. The van der Waals surface area contributed by atoms with Crippen LogP contribution < -0.4 is 5.32 Å². The number of nitrogens with zero attached hydrogens (tertiary/aromatic N) is 3. The standard InChI is InChI=1S/C17H20N4O3/c18-11-13-2-1-3-14(10-13)12-21-15(23)17(19-16(21)24)4-6-20(7-5-17)8-9-22/h1-3,10,22H,4-9,12H2,(H,19,24). The van der Waals surface area contributed by atoms with Gasteiger partial charge in [0, 0.05) is 19.6 Å². The molecule has 2 heterocycles. The van der Waals surface area contributed by atoms with Gasteiger partial charge in [0.15, 0.2) is 0 Å². The summed E-state index contributed by atoms with van der Waals surface area (Å²) < 4.78 is 0. The van der Waals surface area contributed by atoms with Crippen LogP contribution in [0.2, 0.25) is 0 Å². The number of hydrogen-bond acceptors (Lipinski definition) is 5. The molecule has 0 unspecified atom stereocenters. The number of β-amino-alcohol motifs (C(OH)–C–C–N with tert-alkyl or cyclic N) is 1. The normalized spacial score (nSPS) is 20.2. The highest BCUT2D eigenvalue weighted by Gasteiger charge is 2.52. The fourth-order valence-corrected chi connectivity index (χ4v) is 3.38. The maximum atomic E-state index is 12.8. The number of amides is 3. The summed E-state index contributed by atoms with van der Waals surface area (Å²) in [6.45, 7) is 2.19. The van der Waals surface area contributed by atoms with E-state index in [9.17, 15) is 9.59 Å². The molecule has 3 rings (SSSR count). The Balaban J connectivity index is 1.72. The molecule has 1 aromatic rings. The fraction of sp³-hybridized carbons (Fsp3) is 0.471. The fourth-order valence-electron chi connectivity index (χ4n) is 3.38. The molecule has 7 nitrogen and oxygen atoms in total. The van der Waals surface area contributed by atoms with E-state index in [1.807, 2.05) is 0 Å². The number of carbonyl (C=O) groups excluding carboxylic acids is 2. The molecule has 2 N–H and O–H groups in total. The summed E-state index contributed by atoms with van der Waals surface area (Å²) >= 11 is 0. The largest absolute Gasteiger partial charge is 0.395 e. The molecule has 7 heteroatoms. The molecule has 1 aromatic carbocycles. The highest BCUT2D eigenvalue weighted by Crippen LogP contribution is 2.30. The maximum Gasteiger partial charge on any atom is 0.325 e. The molecule has 0 radical (unpaired) electrons. The Labute approximate surface area is 140 Å². The molecule has 2 saturated heterocycles. The first kappa shape index (κ1) is 16.4. The molecule has 2 aliphatic rings. The van der Waals surface area contributed by atoms with Crippen LogP contribution in [0, 0.1) is 11.3 Å². The van der Waals surface area contributed by atoms with Gasteiger partial charge in [-0.1, -0.05) is 12.1 Å². The van der Waals surface area contributed by atoms with Crippen LogP contribution in [-0.2, 0) is 11.3 Å². The van der Waals surface area contributed by atoms with Gasteiger partial charge >= 0.3 is 6.03 Å². The van der Waals surface area contributed by atoms with Gasteiger partial charge in [-0.15, -0.1) is 0 Å². The first-order valence-electron chi connectivity index (χ1n) is 8.04. The molecular formula is C17H20N4O3. The minimum absolute atomic E-state index is 0.0919. The molecule has 0 bridgehead atoms. The van der Waals surface area contributed by atoms with E-state index in [1.54, 1.807) is 24.3 Å². The second-order valence-electron chi connectivity index (χ2n) is 6.28. The Bertz CT molecular complexity index is 689. The maximum absolute atomic E-state index is 12.8. The topological polar surface area (TPSA) is 96.7 Å². The van der Waals surface area contributed by atoms with Crippen LogP contribution in [0.15, 0.2) is 24.3 Å². The number of benzene rings is 1. The highest BCUT2D eigenvalue weighted by molar-refractivity contribution is 6.07. The van der Waals surface area contributed by atoms with Crippen molar-refractivity contribution < 1.29 is 14.7 Å². The lowest BCUT2D eigenvalue weighted by atomic mass is 9.87. The molecule has 2 fully saturated rings. The van der Waals surface area contributed by atoms with E-state index in [2.05, 4.69) is 16.3 Å². The van der Waals surface area contributed by atoms with Crippen molar-refractivity contribution in [2.75, 3.05) is 26.2 Å². The molecular weight excluding hydrogens is 308 g/mol. The number of aliphatic hydroxyl groups excluding tert-OH is 1. The van der Waals surface area contributed by atoms with Gasteiger partial charge in [0.2, 0.25) is 0 Å². The Kier molecular flexibility index (Phi) is 4.51. The third kappa shape index (κ3) is 2.98. The van der Waals surface area contributed by atoms with Gasteiger partial charge < -0.3 is 15.3 Å². The van der Waals surface area contributed by atoms with Crippen molar-refractivity contribution in [1.29, 1.82) is 5.26 Å². The smallest absolute Gasteiger partial charge is 0.325 e. The molecule has 0 saturated carbocycles. The SMILES string of the molecule is N#Cc1cccc(CN2C(=O)NC3(CCN(CCO)CC3)C2=O)c1. The summed E-state index contributed by atoms with van der Waals surface area (Å²) in [7, 11) is 0. The summed E-state index contributed by atoms with van der Waals surface area (Å²) in [4.78, 5) is 28.4. The van der Waals surface area contributed by atoms with E-state index in [-0.39, 0.29) is 25.1 Å². The molecule has 1 spiro atoms. The number of hydrogen-bond donors (Lipinski definition) is 2. The van der Waals surface area contributed by atoms with Crippen molar-refractivity contribution in [2.24, 2.45) is 0 Å². The van der Waals surface area contributed by atoms with E-state index in [0.29, 0.717) is 38.0 Å². The Morgan fingerprint density at radius 2 is 2.04 bits per heavy atom. The third-order valence-electron chi connectivity index (χ3n) is 4.77. The summed E-state index contributed by atoms with van der Waals surface area (Å²) in [6.07, 6.45) is 1.10. The molecule has 3 amide bonds. The summed E-state index contributed by atoms with van der Waals surface area (Å²) in [6, 6.07) is 8.61. The number of aliphatic hydroxyl groups is 1. The van der Waals surface area contributed by atoms with Gasteiger partial charge in [-0.25, -0.2) is 4.79 Å². The van der Waals surface area contributed by atoms with Gasteiger partial charge in [-0.2, -0.15) is 5.26 Å². The zero-order chi connectivity index (χ0) is 17.2. The van der Waals surface area contributed by atoms with E-state index in [0.717, 1.165) is 5.56 Å². The van der Waals surface area contributed by atoms with E-state index < -0.39 is 5.54 Å². The van der Waals surface area contributed by atoms with Crippen molar-refractivity contribution >= 4 is 11.9 Å². The molecule has 0 atom stereocenters. The van der Waals surface area contributed by atoms with Gasteiger partial charge in [-0.05, 0) is 30.5 Å².